The third-order valence-electron chi connectivity index (χ3n) is 3.38. The average Bonchev–Trinajstić information content (AvgIpc) is 2.53. The number of amides is 1. The van der Waals surface area contributed by atoms with E-state index < -0.39 is 22.5 Å². The summed E-state index contributed by atoms with van der Waals surface area (Å²) in [6.45, 7) is 0.149. The molecule has 1 heterocycles. The van der Waals surface area contributed by atoms with E-state index in [2.05, 4.69) is 0 Å². The van der Waals surface area contributed by atoms with Crippen LogP contribution in [0.15, 0.2) is 24.3 Å². The first-order chi connectivity index (χ1) is 11.0. The van der Waals surface area contributed by atoms with Crippen LogP contribution in [-0.4, -0.2) is 46.5 Å². The Kier molecular flexibility index (Phi) is 6.23. The van der Waals surface area contributed by atoms with Gasteiger partial charge < -0.3 is 14.2 Å². The zero-order valence-electron chi connectivity index (χ0n) is 13.0. The lowest BCUT2D eigenvalue weighted by atomic mass is 10.1. The third-order valence-corrected chi connectivity index (χ3v) is 4.73. The molecule has 0 aliphatic carbocycles. The smallest absolute Gasteiger partial charge is 0.271 e. The average molecular weight is 343 g/mol. The molecule has 0 saturated carbocycles. The monoisotopic (exact) mass is 343 g/mol. The summed E-state index contributed by atoms with van der Waals surface area (Å²) < 4.78 is 41.7. The van der Waals surface area contributed by atoms with Crippen LogP contribution in [0.1, 0.15) is 19.3 Å². The van der Waals surface area contributed by atoms with Crippen molar-refractivity contribution in [2.24, 2.45) is 0 Å². The van der Waals surface area contributed by atoms with Gasteiger partial charge in [0.15, 0.2) is 18.1 Å². The Morgan fingerprint density at radius 1 is 1.30 bits per heavy atom. The van der Waals surface area contributed by atoms with E-state index in [4.69, 9.17) is 14.2 Å². The summed E-state index contributed by atoms with van der Waals surface area (Å²) in [5, 5.41) is 0. The standard InChI is InChI=1S/C15H21NO6S/c1-20-13-7-2-3-8-14(13)22-10-15(17)16-23(18,19)11-12-6-4-5-9-21-12/h2-3,7-8,12H,4-6,9-11H2,1H3,(H,16,17)/t12-/m0/s1. The van der Waals surface area contributed by atoms with Crippen molar-refractivity contribution in [2.75, 3.05) is 26.1 Å². The number of methoxy groups -OCH3 is 1. The van der Waals surface area contributed by atoms with Crippen LogP contribution in [0.25, 0.3) is 0 Å². The Morgan fingerprint density at radius 3 is 2.70 bits per heavy atom. The molecule has 0 radical (unpaired) electrons. The Hall–Kier alpha value is -1.80. The summed E-state index contributed by atoms with van der Waals surface area (Å²) in [4.78, 5) is 11.8. The van der Waals surface area contributed by atoms with Crippen molar-refractivity contribution < 1.29 is 27.4 Å². The van der Waals surface area contributed by atoms with Gasteiger partial charge in [-0.3, -0.25) is 9.52 Å². The summed E-state index contributed by atoms with van der Waals surface area (Å²) in [5.41, 5.74) is 0. The fourth-order valence-corrected chi connectivity index (χ4v) is 3.55. The van der Waals surface area contributed by atoms with Crippen LogP contribution in [0.4, 0.5) is 0 Å². The number of carbonyl (C=O) groups excluding carboxylic acids is 1. The quantitative estimate of drug-likeness (QED) is 0.797. The number of para-hydroxylation sites is 2. The number of hydrogen-bond acceptors (Lipinski definition) is 6. The zero-order chi connectivity index (χ0) is 16.7. The normalized spacial score (nSPS) is 18.2. The number of nitrogens with one attached hydrogen (secondary N) is 1. The molecule has 1 N–H and O–H groups in total. The first-order valence-corrected chi connectivity index (χ1v) is 9.06. The van der Waals surface area contributed by atoms with E-state index in [1.807, 2.05) is 4.72 Å². The van der Waals surface area contributed by atoms with Crippen molar-refractivity contribution in [1.82, 2.24) is 4.72 Å². The molecule has 1 aromatic carbocycles. The molecule has 0 unspecified atom stereocenters. The number of rotatable bonds is 7. The largest absolute Gasteiger partial charge is 0.493 e. The Balaban J connectivity index is 1.83. The van der Waals surface area contributed by atoms with Gasteiger partial charge in [0.25, 0.3) is 5.91 Å². The van der Waals surface area contributed by atoms with Crippen LogP contribution < -0.4 is 14.2 Å². The predicted octanol–water partition coefficient (Wildman–Crippen LogP) is 1.09. The second kappa shape index (κ2) is 8.16. The molecule has 1 aliphatic rings. The highest BCUT2D eigenvalue weighted by atomic mass is 32.2. The predicted molar refractivity (Wildman–Crippen MR) is 84.0 cm³/mol. The van der Waals surface area contributed by atoms with E-state index in [1.165, 1.54) is 7.11 Å². The molecule has 1 atom stereocenters. The van der Waals surface area contributed by atoms with Crippen molar-refractivity contribution in [3.8, 4) is 11.5 Å². The van der Waals surface area contributed by atoms with Gasteiger partial charge >= 0.3 is 0 Å². The maximum absolute atomic E-state index is 12.0. The van der Waals surface area contributed by atoms with E-state index in [9.17, 15) is 13.2 Å². The minimum Gasteiger partial charge on any atom is -0.493 e. The highest BCUT2D eigenvalue weighted by Gasteiger charge is 2.23. The molecule has 23 heavy (non-hydrogen) atoms. The van der Waals surface area contributed by atoms with Crippen molar-refractivity contribution >= 4 is 15.9 Å². The number of hydrogen-bond donors (Lipinski definition) is 1. The molecule has 1 amide bonds. The zero-order valence-corrected chi connectivity index (χ0v) is 13.8. The Labute approximate surface area is 136 Å². The molecule has 128 valence electrons. The summed E-state index contributed by atoms with van der Waals surface area (Å²) in [6.07, 6.45) is 2.21. The second-order valence-electron chi connectivity index (χ2n) is 5.23. The Bertz CT molecular complexity index is 625. The number of sulfonamides is 1. The summed E-state index contributed by atoms with van der Waals surface area (Å²) in [6, 6.07) is 6.81. The SMILES string of the molecule is COc1ccccc1OCC(=O)NS(=O)(=O)C[C@@H]1CCCCO1. The maximum atomic E-state index is 12.0. The molecule has 1 fully saturated rings. The van der Waals surface area contributed by atoms with Gasteiger partial charge in [0.2, 0.25) is 10.0 Å². The van der Waals surface area contributed by atoms with Crippen LogP contribution in [0.3, 0.4) is 0 Å². The number of benzene rings is 1. The molecule has 2 rings (SSSR count). The van der Waals surface area contributed by atoms with Gasteiger partial charge in [-0.15, -0.1) is 0 Å². The summed E-state index contributed by atoms with van der Waals surface area (Å²) >= 11 is 0. The lowest BCUT2D eigenvalue weighted by molar-refractivity contribution is -0.121. The van der Waals surface area contributed by atoms with Crippen LogP contribution in [0.5, 0.6) is 11.5 Å². The van der Waals surface area contributed by atoms with Crippen LogP contribution >= 0.6 is 0 Å². The number of ether oxygens (including phenoxy) is 3. The minimum absolute atomic E-state index is 0.215. The molecule has 7 nitrogen and oxygen atoms in total. The lowest BCUT2D eigenvalue weighted by Crippen LogP contribution is -2.40. The first kappa shape index (κ1) is 17.6. The third kappa shape index (κ3) is 5.72. The fourth-order valence-electron chi connectivity index (χ4n) is 2.31. The highest BCUT2D eigenvalue weighted by Crippen LogP contribution is 2.25. The molecule has 1 aromatic rings. The van der Waals surface area contributed by atoms with Gasteiger partial charge in [0.1, 0.15) is 0 Å². The second-order valence-corrected chi connectivity index (χ2v) is 7.00. The fraction of sp³-hybridized carbons (Fsp3) is 0.533. The van der Waals surface area contributed by atoms with Crippen molar-refractivity contribution in [1.29, 1.82) is 0 Å². The molecule has 0 aromatic heterocycles. The van der Waals surface area contributed by atoms with E-state index in [0.29, 0.717) is 24.5 Å². The topological polar surface area (TPSA) is 90.9 Å². The van der Waals surface area contributed by atoms with Crippen LogP contribution in [0.2, 0.25) is 0 Å². The molecule has 1 saturated heterocycles. The van der Waals surface area contributed by atoms with E-state index in [0.717, 1.165) is 12.8 Å². The van der Waals surface area contributed by atoms with Gasteiger partial charge in [-0.25, -0.2) is 8.42 Å². The van der Waals surface area contributed by atoms with Gasteiger partial charge in [-0.2, -0.15) is 0 Å². The molecule has 0 spiro atoms. The summed E-state index contributed by atoms with van der Waals surface area (Å²) in [5.74, 6) is -0.100. The van der Waals surface area contributed by atoms with Gasteiger partial charge in [0, 0.05) is 6.61 Å². The lowest BCUT2D eigenvalue weighted by Gasteiger charge is -2.22. The van der Waals surface area contributed by atoms with Crippen LogP contribution in [0, 0.1) is 0 Å². The first-order valence-electron chi connectivity index (χ1n) is 7.41. The molecule has 8 heteroatoms. The minimum atomic E-state index is -3.74. The van der Waals surface area contributed by atoms with Gasteiger partial charge in [0.05, 0.1) is 19.0 Å². The van der Waals surface area contributed by atoms with Gasteiger partial charge in [-0.1, -0.05) is 12.1 Å². The molecule has 1 aliphatic heterocycles. The maximum Gasteiger partial charge on any atom is 0.271 e. The highest BCUT2D eigenvalue weighted by molar-refractivity contribution is 7.90. The molecule has 0 bridgehead atoms. The van der Waals surface area contributed by atoms with E-state index in [-0.39, 0.29) is 11.9 Å². The summed E-state index contributed by atoms with van der Waals surface area (Å²) in [7, 11) is -2.25. The van der Waals surface area contributed by atoms with Crippen LogP contribution in [-0.2, 0) is 19.6 Å². The van der Waals surface area contributed by atoms with E-state index >= 15 is 0 Å². The van der Waals surface area contributed by atoms with Crippen molar-refractivity contribution in [2.45, 2.75) is 25.4 Å². The van der Waals surface area contributed by atoms with Gasteiger partial charge in [-0.05, 0) is 31.4 Å². The number of carbonyl (C=O) groups is 1. The molecular formula is C15H21NO6S. The Morgan fingerprint density at radius 2 is 2.04 bits per heavy atom. The van der Waals surface area contributed by atoms with E-state index in [1.54, 1.807) is 24.3 Å². The van der Waals surface area contributed by atoms with Crippen molar-refractivity contribution in [3.05, 3.63) is 24.3 Å². The van der Waals surface area contributed by atoms with Crippen molar-refractivity contribution in [3.63, 3.8) is 0 Å². The molecular weight excluding hydrogens is 322 g/mol.